The second kappa shape index (κ2) is 8.12. The Kier molecular flexibility index (Phi) is 6.15. The SMILES string of the molecule is CCCNCc1cccn1CCOc1ccc(Br)cc1. The summed E-state index contributed by atoms with van der Waals surface area (Å²) in [6, 6.07) is 12.2. The van der Waals surface area contributed by atoms with Gasteiger partial charge in [0.2, 0.25) is 0 Å². The van der Waals surface area contributed by atoms with Crippen molar-refractivity contribution in [3.8, 4) is 5.75 Å². The van der Waals surface area contributed by atoms with Crippen molar-refractivity contribution in [2.75, 3.05) is 13.2 Å². The van der Waals surface area contributed by atoms with E-state index in [4.69, 9.17) is 4.74 Å². The molecule has 0 aliphatic carbocycles. The van der Waals surface area contributed by atoms with Crippen LogP contribution in [0.4, 0.5) is 0 Å². The van der Waals surface area contributed by atoms with Gasteiger partial charge in [-0.05, 0) is 49.4 Å². The number of nitrogens with one attached hydrogen (secondary N) is 1. The molecule has 0 bridgehead atoms. The standard InChI is InChI=1S/C16H21BrN2O/c1-2-9-18-13-15-4-3-10-19(15)11-12-20-16-7-5-14(17)6-8-16/h3-8,10,18H,2,9,11-13H2,1H3. The van der Waals surface area contributed by atoms with Gasteiger partial charge in [0, 0.05) is 22.9 Å². The lowest BCUT2D eigenvalue weighted by Crippen LogP contribution is -2.18. The van der Waals surface area contributed by atoms with Crippen LogP contribution in [0.1, 0.15) is 19.0 Å². The first-order chi connectivity index (χ1) is 9.79. The summed E-state index contributed by atoms with van der Waals surface area (Å²) in [6.07, 6.45) is 3.27. The van der Waals surface area contributed by atoms with E-state index in [0.29, 0.717) is 6.61 Å². The minimum absolute atomic E-state index is 0.678. The number of nitrogens with zero attached hydrogens (tertiary/aromatic N) is 1. The molecule has 0 fully saturated rings. The predicted octanol–water partition coefficient (Wildman–Crippen LogP) is 3.83. The Hall–Kier alpha value is -1.26. The molecule has 4 heteroatoms. The first-order valence-electron chi connectivity index (χ1n) is 7.02. The summed E-state index contributed by atoms with van der Waals surface area (Å²) in [6.45, 7) is 5.70. The quantitative estimate of drug-likeness (QED) is 0.741. The maximum Gasteiger partial charge on any atom is 0.119 e. The van der Waals surface area contributed by atoms with Gasteiger partial charge in [-0.2, -0.15) is 0 Å². The highest BCUT2D eigenvalue weighted by Gasteiger charge is 2.01. The van der Waals surface area contributed by atoms with Crippen LogP contribution in [0.5, 0.6) is 5.75 Å². The summed E-state index contributed by atoms with van der Waals surface area (Å²) in [5.41, 5.74) is 1.30. The van der Waals surface area contributed by atoms with Crippen LogP contribution in [0.2, 0.25) is 0 Å². The van der Waals surface area contributed by atoms with Gasteiger partial charge < -0.3 is 14.6 Å². The normalized spacial score (nSPS) is 10.7. The van der Waals surface area contributed by atoms with E-state index < -0.39 is 0 Å². The molecule has 0 spiro atoms. The van der Waals surface area contributed by atoms with Gasteiger partial charge in [-0.3, -0.25) is 0 Å². The van der Waals surface area contributed by atoms with Gasteiger partial charge in [0.25, 0.3) is 0 Å². The van der Waals surface area contributed by atoms with E-state index in [-0.39, 0.29) is 0 Å². The van der Waals surface area contributed by atoms with Gasteiger partial charge in [-0.25, -0.2) is 0 Å². The number of ether oxygens (including phenoxy) is 1. The Balaban J connectivity index is 1.79. The molecule has 2 aromatic rings. The van der Waals surface area contributed by atoms with Gasteiger partial charge in [0.05, 0.1) is 6.54 Å². The number of halogens is 1. The first kappa shape index (κ1) is 15.1. The molecule has 1 N–H and O–H groups in total. The van der Waals surface area contributed by atoms with Gasteiger partial charge in [0.15, 0.2) is 0 Å². The monoisotopic (exact) mass is 336 g/mol. The van der Waals surface area contributed by atoms with Crippen LogP contribution >= 0.6 is 15.9 Å². The highest BCUT2D eigenvalue weighted by Crippen LogP contribution is 2.16. The van der Waals surface area contributed by atoms with E-state index in [9.17, 15) is 0 Å². The topological polar surface area (TPSA) is 26.2 Å². The lowest BCUT2D eigenvalue weighted by atomic mass is 10.3. The first-order valence-corrected chi connectivity index (χ1v) is 7.82. The zero-order valence-corrected chi connectivity index (χ0v) is 13.4. The fourth-order valence-corrected chi connectivity index (χ4v) is 2.28. The zero-order chi connectivity index (χ0) is 14.2. The Morgan fingerprint density at radius 3 is 2.75 bits per heavy atom. The summed E-state index contributed by atoms with van der Waals surface area (Å²) in [7, 11) is 0. The number of aromatic nitrogens is 1. The van der Waals surface area contributed by atoms with Gasteiger partial charge in [-0.15, -0.1) is 0 Å². The van der Waals surface area contributed by atoms with E-state index in [0.717, 1.165) is 36.3 Å². The van der Waals surface area contributed by atoms with Crippen LogP contribution in [0.3, 0.4) is 0 Å². The number of hydrogen-bond donors (Lipinski definition) is 1. The molecule has 0 unspecified atom stereocenters. The van der Waals surface area contributed by atoms with E-state index in [1.807, 2.05) is 24.3 Å². The second-order valence-corrected chi connectivity index (χ2v) is 5.59. The lowest BCUT2D eigenvalue weighted by Gasteiger charge is -2.11. The van der Waals surface area contributed by atoms with E-state index in [1.54, 1.807) is 0 Å². The molecule has 2 rings (SSSR count). The van der Waals surface area contributed by atoms with Crippen molar-refractivity contribution in [3.05, 3.63) is 52.8 Å². The van der Waals surface area contributed by atoms with E-state index in [2.05, 4.69) is 51.1 Å². The average molecular weight is 337 g/mol. The Labute approximate surface area is 129 Å². The maximum absolute atomic E-state index is 5.75. The molecule has 0 radical (unpaired) electrons. The van der Waals surface area contributed by atoms with Crippen molar-refractivity contribution < 1.29 is 4.74 Å². The predicted molar refractivity (Wildman–Crippen MR) is 86.1 cm³/mol. The average Bonchev–Trinajstić information content (AvgIpc) is 2.89. The highest BCUT2D eigenvalue weighted by molar-refractivity contribution is 9.10. The van der Waals surface area contributed by atoms with Crippen LogP contribution in [0, 0.1) is 0 Å². The summed E-state index contributed by atoms with van der Waals surface area (Å²) in [4.78, 5) is 0. The third kappa shape index (κ3) is 4.69. The second-order valence-electron chi connectivity index (χ2n) is 4.67. The fourth-order valence-electron chi connectivity index (χ4n) is 2.01. The van der Waals surface area contributed by atoms with Crippen molar-refractivity contribution in [1.29, 1.82) is 0 Å². The molecule has 1 heterocycles. The summed E-state index contributed by atoms with van der Waals surface area (Å²) in [5.74, 6) is 0.908. The summed E-state index contributed by atoms with van der Waals surface area (Å²) < 4.78 is 9.06. The minimum Gasteiger partial charge on any atom is -0.492 e. The third-order valence-electron chi connectivity index (χ3n) is 3.07. The van der Waals surface area contributed by atoms with Crippen molar-refractivity contribution in [3.63, 3.8) is 0 Å². The minimum atomic E-state index is 0.678. The molecular formula is C16H21BrN2O. The fraction of sp³-hybridized carbons (Fsp3) is 0.375. The maximum atomic E-state index is 5.75. The van der Waals surface area contributed by atoms with Crippen LogP contribution in [0.15, 0.2) is 47.1 Å². The molecule has 0 amide bonds. The van der Waals surface area contributed by atoms with Crippen molar-refractivity contribution in [2.45, 2.75) is 26.4 Å². The van der Waals surface area contributed by atoms with E-state index >= 15 is 0 Å². The van der Waals surface area contributed by atoms with Crippen molar-refractivity contribution in [1.82, 2.24) is 9.88 Å². The Bertz CT molecular complexity index is 507. The third-order valence-corrected chi connectivity index (χ3v) is 3.60. The molecule has 1 aromatic carbocycles. The molecule has 108 valence electrons. The number of hydrogen-bond acceptors (Lipinski definition) is 2. The Morgan fingerprint density at radius 1 is 1.20 bits per heavy atom. The van der Waals surface area contributed by atoms with Crippen molar-refractivity contribution in [2.24, 2.45) is 0 Å². The molecule has 0 aliphatic heterocycles. The molecule has 1 aromatic heterocycles. The van der Waals surface area contributed by atoms with Gasteiger partial charge >= 0.3 is 0 Å². The zero-order valence-electron chi connectivity index (χ0n) is 11.8. The van der Waals surface area contributed by atoms with Crippen LogP contribution in [-0.2, 0) is 13.1 Å². The van der Waals surface area contributed by atoms with Crippen LogP contribution < -0.4 is 10.1 Å². The van der Waals surface area contributed by atoms with Crippen molar-refractivity contribution >= 4 is 15.9 Å². The number of benzene rings is 1. The molecule has 0 atom stereocenters. The molecule has 0 saturated carbocycles. The summed E-state index contributed by atoms with van der Waals surface area (Å²) >= 11 is 3.42. The highest BCUT2D eigenvalue weighted by atomic mass is 79.9. The largest absolute Gasteiger partial charge is 0.492 e. The van der Waals surface area contributed by atoms with Gasteiger partial charge in [-0.1, -0.05) is 22.9 Å². The van der Waals surface area contributed by atoms with E-state index in [1.165, 1.54) is 5.69 Å². The molecule has 3 nitrogen and oxygen atoms in total. The number of rotatable bonds is 8. The molecule has 0 aliphatic rings. The van der Waals surface area contributed by atoms with Crippen LogP contribution in [-0.4, -0.2) is 17.7 Å². The van der Waals surface area contributed by atoms with Crippen LogP contribution in [0.25, 0.3) is 0 Å². The molecular weight excluding hydrogens is 316 g/mol. The molecule has 20 heavy (non-hydrogen) atoms. The smallest absolute Gasteiger partial charge is 0.119 e. The lowest BCUT2D eigenvalue weighted by molar-refractivity contribution is 0.296. The molecule has 0 saturated heterocycles. The Morgan fingerprint density at radius 2 is 2.00 bits per heavy atom. The summed E-state index contributed by atoms with van der Waals surface area (Å²) in [5, 5.41) is 3.43. The van der Waals surface area contributed by atoms with Gasteiger partial charge in [0.1, 0.15) is 12.4 Å².